The van der Waals surface area contributed by atoms with E-state index in [0.29, 0.717) is 5.56 Å². The van der Waals surface area contributed by atoms with Crippen LogP contribution in [0.1, 0.15) is 22.9 Å². The van der Waals surface area contributed by atoms with Crippen LogP contribution in [0, 0.1) is 12.7 Å². The van der Waals surface area contributed by atoms with Crippen LogP contribution in [0.15, 0.2) is 42.6 Å². The van der Waals surface area contributed by atoms with Gasteiger partial charge in [0.2, 0.25) is 0 Å². The first-order valence-electron chi connectivity index (χ1n) is 5.11. The third-order valence-corrected chi connectivity index (χ3v) is 2.53. The van der Waals surface area contributed by atoms with E-state index in [1.807, 2.05) is 19.1 Å². The Morgan fingerprint density at radius 2 is 1.94 bits per heavy atom. The molecule has 0 radical (unpaired) electrons. The summed E-state index contributed by atoms with van der Waals surface area (Å²) < 4.78 is 13.5. The van der Waals surface area contributed by atoms with Crippen LogP contribution in [0.3, 0.4) is 0 Å². The largest absolute Gasteiger partial charge is 0.320 e. The second-order valence-corrected chi connectivity index (χ2v) is 3.73. The minimum atomic E-state index is -0.464. The molecule has 2 aromatic rings. The zero-order valence-corrected chi connectivity index (χ0v) is 9.02. The maximum absolute atomic E-state index is 13.5. The van der Waals surface area contributed by atoms with E-state index in [0.717, 1.165) is 11.3 Å². The van der Waals surface area contributed by atoms with Gasteiger partial charge in [-0.3, -0.25) is 4.98 Å². The molecule has 1 heterocycles. The van der Waals surface area contributed by atoms with Crippen molar-refractivity contribution in [3.8, 4) is 0 Å². The highest BCUT2D eigenvalue weighted by atomic mass is 19.1. The zero-order chi connectivity index (χ0) is 11.5. The highest BCUT2D eigenvalue weighted by Gasteiger charge is 2.12. The van der Waals surface area contributed by atoms with Gasteiger partial charge in [-0.05, 0) is 24.6 Å². The SMILES string of the molecule is Cc1ccc(C(N)c2ccccc2F)cn1. The molecule has 1 aromatic heterocycles. The molecule has 0 aliphatic carbocycles. The van der Waals surface area contributed by atoms with E-state index < -0.39 is 6.04 Å². The summed E-state index contributed by atoms with van der Waals surface area (Å²) in [5, 5.41) is 0. The number of hydrogen-bond acceptors (Lipinski definition) is 2. The fourth-order valence-electron chi connectivity index (χ4n) is 1.57. The predicted molar refractivity (Wildman–Crippen MR) is 61.4 cm³/mol. The van der Waals surface area contributed by atoms with E-state index in [1.165, 1.54) is 6.07 Å². The average Bonchev–Trinajstić information content (AvgIpc) is 2.30. The Bertz CT molecular complexity index is 480. The summed E-state index contributed by atoms with van der Waals surface area (Å²) >= 11 is 0. The minimum Gasteiger partial charge on any atom is -0.320 e. The van der Waals surface area contributed by atoms with Crippen molar-refractivity contribution in [3.05, 3.63) is 65.2 Å². The number of aryl methyl sites for hydroxylation is 1. The molecule has 0 spiro atoms. The molecular weight excluding hydrogens is 203 g/mol. The predicted octanol–water partition coefficient (Wildman–Crippen LogP) is 2.58. The van der Waals surface area contributed by atoms with E-state index in [1.54, 1.807) is 24.4 Å². The molecule has 0 aliphatic heterocycles. The van der Waals surface area contributed by atoms with Crippen LogP contribution in [0.25, 0.3) is 0 Å². The van der Waals surface area contributed by atoms with Crippen molar-refractivity contribution in [2.24, 2.45) is 5.73 Å². The lowest BCUT2D eigenvalue weighted by Gasteiger charge is -2.12. The molecule has 16 heavy (non-hydrogen) atoms. The number of aromatic nitrogens is 1. The van der Waals surface area contributed by atoms with E-state index in [9.17, 15) is 4.39 Å². The molecule has 1 unspecified atom stereocenters. The van der Waals surface area contributed by atoms with Crippen LogP contribution in [-0.4, -0.2) is 4.98 Å². The first-order chi connectivity index (χ1) is 7.68. The fraction of sp³-hybridized carbons (Fsp3) is 0.154. The molecule has 2 N–H and O–H groups in total. The van der Waals surface area contributed by atoms with Crippen LogP contribution in [0.2, 0.25) is 0 Å². The first kappa shape index (κ1) is 10.8. The average molecular weight is 216 g/mol. The van der Waals surface area contributed by atoms with Gasteiger partial charge in [0.15, 0.2) is 0 Å². The maximum atomic E-state index is 13.5. The number of hydrogen-bond donors (Lipinski definition) is 1. The van der Waals surface area contributed by atoms with E-state index >= 15 is 0 Å². The number of benzene rings is 1. The van der Waals surface area contributed by atoms with Crippen molar-refractivity contribution in [1.82, 2.24) is 4.98 Å². The van der Waals surface area contributed by atoms with Crippen LogP contribution in [0.4, 0.5) is 4.39 Å². The van der Waals surface area contributed by atoms with Gasteiger partial charge in [-0.1, -0.05) is 24.3 Å². The molecule has 0 aliphatic rings. The normalized spacial score (nSPS) is 12.4. The molecule has 0 saturated carbocycles. The summed E-state index contributed by atoms with van der Waals surface area (Å²) in [5.41, 5.74) is 8.22. The summed E-state index contributed by atoms with van der Waals surface area (Å²) in [6.07, 6.45) is 1.69. The van der Waals surface area contributed by atoms with Crippen LogP contribution in [0.5, 0.6) is 0 Å². The Morgan fingerprint density at radius 3 is 2.56 bits per heavy atom. The summed E-state index contributed by atoms with van der Waals surface area (Å²) in [5.74, 6) is -0.282. The van der Waals surface area contributed by atoms with Crippen molar-refractivity contribution in [2.75, 3.05) is 0 Å². The Balaban J connectivity index is 2.35. The Hall–Kier alpha value is -1.74. The number of pyridine rings is 1. The molecule has 0 saturated heterocycles. The van der Waals surface area contributed by atoms with Crippen molar-refractivity contribution < 1.29 is 4.39 Å². The summed E-state index contributed by atoms with van der Waals surface area (Å²) in [4.78, 5) is 4.15. The van der Waals surface area contributed by atoms with Gasteiger partial charge in [0.1, 0.15) is 5.82 Å². The number of nitrogens with two attached hydrogens (primary N) is 1. The lowest BCUT2D eigenvalue weighted by atomic mass is 10.0. The molecule has 1 atom stereocenters. The molecule has 0 fully saturated rings. The fourth-order valence-corrected chi connectivity index (χ4v) is 1.57. The topological polar surface area (TPSA) is 38.9 Å². The van der Waals surface area contributed by atoms with Crippen LogP contribution < -0.4 is 5.73 Å². The zero-order valence-electron chi connectivity index (χ0n) is 9.02. The number of nitrogens with zero attached hydrogens (tertiary/aromatic N) is 1. The smallest absolute Gasteiger partial charge is 0.128 e. The van der Waals surface area contributed by atoms with E-state index in [2.05, 4.69) is 4.98 Å². The van der Waals surface area contributed by atoms with Crippen molar-refractivity contribution >= 4 is 0 Å². The second-order valence-electron chi connectivity index (χ2n) is 3.73. The molecule has 2 nitrogen and oxygen atoms in total. The van der Waals surface area contributed by atoms with Crippen molar-refractivity contribution in [1.29, 1.82) is 0 Å². The summed E-state index contributed by atoms with van der Waals surface area (Å²) in [6, 6.07) is 9.82. The Morgan fingerprint density at radius 1 is 1.19 bits per heavy atom. The summed E-state index contributed by atoms with van der Waals surface area (Å²) in [6.45, 7) is 1.90. The van der Waals surface area contributed by atoms with Gasteiger partial charge >= 0.3 is 0 Å². The molecule has 3 heteroatoms. The van der Waals surface area contributed by atoms with E-state index in [-0.39, 0.29) is 5.82 Å². The lowest BCUT2D eigenvalue weighted by molar-refractivity contribution is 0.599. The van der Waals surface area contributed by atoms with Gasteiger partial charge in [0, 0.05) is 17.5 Å². The quantitative estimate of drug-likeness (QED) is 0.838. The van der Waals surface area contributed by atoms with Gasteiger partial charge in [0.05, 0.1) is 6.04 Å². The second kappa shape index (κ2) is 4.41. The van der Waals surface area contributed by atoms with Crippen molar-refractivity contribution in [3.63, 3.8) is 0 Å². The highest BCUT2D eigenvalue weighted by Crippen LogP contribution is 2.21. The molecule has 0 bridgehead atoms. The van der Waals surface area contributed by atoms with E-state index in [4.69, 9.17) is 5.73 Å². The maximum Gasteiger partial charge on any atom is 0.128 e. The first-order valence-corrected chi connectivity index (χ1v) is 5.11. The van der Waals surface area contributed by atoms with Gasteiger partial charge < -0.3 is 5.73 Å². The monoisotopic (exact) mass is 216 g/mol. The Labute approximate surface area is 93.9 Å². The Kier molecular flexibility index (Phi) is 2.97. The molecule has 1 aromatic carbocycles. The standard InChI is InChI=1S/C13H13FN2/c1-9-6-7-10(8-16-9)13(15)11-4-2-3-5-12(11)14/h2-8,13H,15H2,1H3. The van der Waals surface area contributed by atoms with Gasteiger partial charge in [-0.2, -0.15) is 0 Å². The number of halogens is 1. The van der Waals surface area contributed by atoms with Crippen LogP contribution in [-0.2, 0) is 0 Å². The van der Waals surface area contributed by atoms with Gasteiger partial charge in [-0.25, -0.2) is 4.39 Å². The number of rotatable bonds is 2. The lowest BCUT2D eigenvalue weighted by Crippen LogP contribution is -2.13. The summed E-state index contributed by atoms with van der Waals surface area (Å²) in [7, 11) is 0. The third-order valence-electron chi connectivity index (χ3n) is 2.53. The molecule has 82 valence electrons. The molecular formula is C13H13FN2. The van der Waals surface area contributed by atoms with Crippen LogP contribution >= 0.6 is 0 Å². The van der Waals surface area contributed by atoms with Gasteiger partial charge in [0.25, 0.3) is 0 Å². The van der Waals surface area contributed by atoms with Crippen molar-refractivity contribution in [2.45, 2.75) is 13.0 Å². The van der Waals surface area contributed by atoms with Gasteiger partial charge in [-0.15, -0.1) is 0 Å². The molecule has 0 amide bonds. The third kappa shape index (κ3) is 2.09. The molecule has 2 rings (SSSR count). The minimum absolute atomic E-state index is 0.282. The highest BCUT2D eigenvalue weighted by molar-refractivity contribution is 5.31.